The molecule has 2 aliphatic rings. The Morgan fingerprint density at radius 1 is 1.06 bits per heavy atom. The van der Waals surface area contributed by atoms with Gasteiger partial charge in [0.05, 0.1) is 16.5 Å². The summed E-state index contributed by atoms with van der Waals surface area (Å²) in [5, 5.41) is -0.0193. The van der Waals surface area contributed by atoms with Gasteiger partial charge in [-0.2, -0.15) is 0 Å². The zero-order chi connectivity index (χ0) is 13.4. The molecule has 0 aromatic rings. The lowest BCUT2D eigenvalue weighted by atomic mass is 9.75. The molecule has 1 saturated heterocycles. The molecule has 1 aliphatic heterocycles. The Morgan fingerprint density at radius 3 is 2.06 bits per heavy atom. The van der Waals surface area contributed by atoms with E-state index in [0.717, 1.165) is 12.3 Å². The fraction of sp³-hybridized carbons (Fsp3) is 1.00. The van der Waals surface area contributed by atoms with Crippen molar-refractivity contribution in [3.63, 3.8) is 0 Å². The van der Waals surface area contributed by atoms with Crippen molar-refractivity contribution in [2.75, 3.05) is 0 Å². The van der Waals surface area contributed by atoms with Crippen molar-refractivity contribution in [1.29, 1.82) is 0 Å². The van der Waals surface area contributed by atoms with Crippen LogP contribution in [0, 0.1) is 5.92 Å². The maximum atomic E-state index is 6.53. The Kier molecular flexibility index (Phi) is 4.35. The first-order chi connectivity index (χ1) is 8.32. The van der Waals surface area contributed by atoms with Gasteiger partial charge in [-0.15, -0.1) is 11.6 Å². The number of halogens is 1. The van der Waals surface area contributed by atoms with Crippen molar-refractivity contribution in [2.45, 2.75) is 82.7 Å². The minimum absolute atomic E-state index is 0.0193. The lowest BCUT2D eigenvalue weighted by molar-refractivity contribution is 0.00578. The molecular weight excluding hydrogens is 246 g/mol. The summed E-state index contributed by atoms with van der Waals surface area (Å²) in [6.45, 7) is 8.32. The first kappa shape index (κ1) is 14.7. The smallest absolute Gasteiger partial charge is 0.402 e. The topological polar surface area (TPSA) is 18.5 Å². The van der Waals surface area contributed by atoms with E-state index in [1.807, 2.05) is 0 Å². The molecule has 0 aromatic carbocycles. The van der Waals surface area contributed by atoms with Crippen LogP contribution in [0.5, 0.6) is 0 Å². The van der Waals surface area contributed by atoms with Gasteiger partial charge in [0.15, 0.2) is 0 Å². The molecule has 1 aliphatic carbocycles. The zero-order valence-corrected chi connectivity index (χ0v) is 12.9. The highest BCUT2D eigenvalue weighted by molar-refractivity contribution is 6.59. The van der Waals surface area contributed by atoms with Gasteiger partial charge in [0, 0.05) is 0 Å². The van der Waals surface area contributed by atoms with Crippen LogP contribution in [0.15, 0.2) is 0 Å². The second-order valence-electron chi connectivity index (χ2n) is 6.88. The monoisotopic (exact) mass is 272 g/mol. The van der Waals surface area contributed by atoms with Crippen molar-refractivity contribution in [1.82, 2.24) is 0 Å². The molecule has 2 nitrogen and oxygen atoms in total. The summed E-state index contributed by atoms with van der Waals surface area (Å²) in [6.07, 6.45) is 7.78. The summed E-state index contributed by atoms with van der Waals surface area (Å²) < 4.78 is 12.0. The molecule has 104 valence electrons. The molecule has 1 unspecified atom stereocenters. The third-order valence-corrected chi connectivity index (χ3v) is 5.23. The summed E-state index contributed by atoms with van der Waals surface area (Å²) in [4.78, 5) is 0. The fourth-order valence-electron chi connectivity index (χ4n) is 2.89. The van der Waals surface area contributed by atoms with Crippen LogP contribution in [0.2, 0.25) is 0 Å². The number of alkyl halides is 1. The van der Waals surface area contributed by atoms with Gasteiger partial charge in [-0.3, -0.25) is 0 Å². The molecule has 0 radical (unpaired) electrons. The SMILES string of the molecule is CC1(C)OB(C(Cl)CC2CCCCC2)OC1(C)C. The average molecular weight is 273 g/mol. The van der Waals surface area contributed by atoms with E-state index in [1.165, 1.54) is 32.1 Å². The Labute approximate surface area is 117 Å². The van der Waals surface area contributed by atoms with Crippen molar-refractivity contribution in [3.8, 4) is 0 Å². The van der Waals surface area contributed by atoms with Crippen LogP contribution in [0.1, 0.15) is 66.2 Å². The molecule has 0 bridgehead atoms. The van der Waals surface area contributed by atoms with Crippen LogP contribution < -0.4 is 0 Å². The van der Waals surface area contributed by atoms with Crippen LogP contribution in [-0.2, 0) is 9.31 Å². The van der Waals surface area contributed by atoms with Crippen LogP contribution in [0.3, 0.4) is 0 Å². The standard InChI is InChI=1S/C14H26BClO2/c1-13(2)14(3,4)18-15(17-13)12(16)10-11-8-6-5-7-9-11/h11-12H,5-10H2,1-4H3. The zero-order valence-electron chi connectivity index (χ0n) is 12.2. The van der Waals surface area contributed by atoms with Gasteiger partial charge in [0.1, 0.15) is 0 Å². The molecule has 4 heteroatoms. The fourth-order valence-corrected chi connectivity index (χ4v) is 3.24. The maximum Gasteiger partial charge on any atom is 0.476 e. The second-order valence-corrected chi connectivity index (χ2v) is 7.44. The van der Waals surface area contributed by atoms with E-state index in [4.69, 9.17) is 20.9 Å². The Morgan fingerprint density at radius 2 is 1.56 bits per heavy atom. The molecule has 1 saturated carbocycles. The van der Waals surface area contributed by atoms with E-state index in [2.05, 4.69) is 27.7 Å². The van der Waals surface area contributed by atoms with Crippen molar-refractivity contribution < 1.29 is 9.31 Å². The van der Waals surface area contributed by atoms with E-state index >= 15 is 0 Å². The van der Waals surface area contributed by atoms with E-state index < -0.39 is 0 Å². The third-order valence-electron chi connectivity index (χ3n) is 4.85. The highest BCUT2D eigenvalue weighted by atomic mass is 35.5. The quantitative estimate of drug-likeness (QED) is 0.566. The Hall–Kier alpha value is 0.275. The Balaban J connectivity index is 1.88. The van der Waals surface area contributed by atoms with Gasteiger partial charge in [0.2, 0.25) is 0 Å². The molecule has 0 aromatic heterocycles. The third kappa shape index (κ3) is 3.05. The van der Waals surface area contributed by atoms with Gasteiger partial charge in [-0.1, -0.05) is 32.1 Å². The lowest BCUT2D eigenvalue weighted by Crippen LogP contribution is -2.41. The van der Waals surface area contributed by atoms with Gasteiger partial charge in [0.25, 0.3) is 0 Å². The highest BCUT2D eigenvalue weighted by Gasteiger charge is 2.53. The van der Waals surface area contributed by atoms with Crippen molar-refractivity contribution in [2.24, 2.45) is 5.92 Å². The van der Waals surface area contributed by atoms with E-state index in [0.29, 0.717) is 0 Å². The van der Waals surface area contributed by atoms with E-state index in [1.54, 1.807) is 0 Å². The second kappa shape index (κ2) is 5.34. The Bertz CT molecular complexity index is 272. The predicted octanol–water partition coefficient (Wildman–Crippen LogP) is 4.20. The molecule has 1 heterocycles. The maximum absolute atomic E-state index is 6.53. The van der Waals surface area contributed by atoms with Gasteiger partial charge in [-0.25, -0.2) is 0 Å². The molecule has 0 amide bonds. The first-order valence-corrected chi connectivity index (χ1v) is 7.75. The molecule has 18 heavy (non-hydrogen) atoms. The number of rotatable bonds is 3. The number of hydrogen-bond donors (Lipinski definition) is 0. The van der Waals surface area contributed by atoms with Crippen LogP contribution in [-0.4, -0.2) is 23.6 Å². The van der Waals surface area contributed by atoms with Crippen molar-refractivity contribution in [3.05, 3.63) is 0 Å². The summed E-state index contributed by atoms with van der Waals surface area (Å²) in [7, 11) is -0.251. The summed E-state index contributed by atoms with van der Waals surface area (Å²) in [6, 6.07) is 0. The molecule has 2 fully saturated rings. The first-order valence-electron chi connectivity index (χ1n) is 7.31. The summed E-state index contributed by atoms with van der Waals surface area (Å²) >= 11 is 6.53. The highest BCUT2D eigenvalue weighted by Crippen LogP contribution is 2.40. The van der Waals surface area contributed by atoms with E-state index in [9.17, 15) is 0 Å². The normalized spacial score (nSPS) is 29.5. The average Bonchev–Trinajstić information content (AvgIpc) is 2.50. The molecular formula is C14H26BClO2. The molecule has 0 N–H and O–H groups in total. The largest absolute Gasteiger partial charge is 0.476 e. The number of hydrogen-bond acceptors (Lipinski definition) is 2. The molecule has 2 rings (SSSR count). The van der Waals surface area contributed by atoms with Gasteiger partial charge in [-0.05, 0) is 40.0 Å². The van der Waals surface area contributed by atoms with Crippen molar-refractivity contribution >= 4 is 18.7 Å². The lowest BCUT2D eigenvalue weighted by Gasteiger charge is -2.32. The van der Waals surface area contributed by atoms with Crippen LogP contribution in [0.4, 0.5) is 0 Å². The van der Waals surface area contributed by atoms with Crippen LogP contribution >= 0.6 is 11.6 Å². The molecule has 1 atom stereocenters. The summed E-state index contributed by atoms with van der Waals surface area (Å²) in [5.41, 5.74) is -0.533. The van der Waals surface area contributed by atoms with Crippen LogP contribution in [0.25, 0.3) is 0 Å². The minimum Gasteiger partial charge on any atom is -0.402 e. The molecule has 0 spiro atoms. The summed E-state index contributed by atoms with van der Waals surface area (Å²) in [5.74, 6) is 0.764. The minimum atomic E-state index is -0.266. The van der Waals surface area contributed by atoms with Gasteiger partial charge >= 0.3 is 7.12 Å². The van der Waals surface area contributed by atoms with Gasteiger partial charge < -0.3 is 9.31 Å². The van der Waals surface area contributed by atoms with E-state index in [-0.39, 0.29) is 23.6 Å². The predicted molar refractivity (Wildman–Crippen MR) is 76.9 cm³/mol.